The Morgan fingerprint density at radius 1 is 0.732 bits per heavy atom. The zero-order valence-corrected chi connectivity index (χ0v) is 26.6. The highest BCUT2D eigenvalue weighted by Gasteiger charge is 2.30. The van der Waals surface area contributed by atoms with Crippen LogP contribution in [-0.4, -0.2) is 13.2 Å². The van der Waals surface area contributed by atoms with E-state index < -0.39 is 0 Å². The summed E-state index contributed by atoms with van der Waals surface area (Å²) in [6.07, 6.45) is 34.9. The Bertz CT molecular complexity index is 894. The second-order valence-electron chi connectivity index (χ2n) is 13.9. The van der Waals surface area contributed by atoms with Gasteiger partial charge in [0.15, 0.2) is 0 Å². The van der Waals surface area contributed by atoms with Gasteiger partial charge in [-0.15, -0.1) is 0 Å². The Balaban J connectivity index is 1.12. The molecule has 0 aliphatic heterocycles. The molecule has 0 N–H and O–H groups in total. The van der Waals surface area contributed by atoms with E-state index in [2.05, 4.69) is 50.3 Å². The van der Waals surface area contributed by atoms with Crippen LogP contribution in [0.4, 0.5) is 4.39 Å². The molecular formula is C39H61FO. The van der Waals surface area contributed by atoms with Gasteiger partial charge < -0.3 is 4.74 Å². The van der Waals surface area contributed by atoms with Crippen molar-refractivity contribution in [3.05, 3.63) is 53.4 Å². The van der Waals surface area contributed by atoms with Gasteiger partial charge in [0.1, 0.15) is 5.82 Å². The van der Waals surface area contributed by atoms with Crippen LogP contribution in [0.15, 0.2) is 36.4 Å². The molecule has 41 heavy (non-hydrogen) atoms. The summed E-state index contributed by atoms with van der Waals surface area (Å²) in [5.41, 5.74) is 1.96. The Labute approximate surface area is 252 Å². The van der Waals surface area contributed by atoms with Crippen LogP contribution in [-0.2, 0) is 4.74 Å². The molecule has 3 aliphatic carbocycles. The van der Waals surface area contributed by atoms with E-state index in [1.807, 2.05) is 0 Å². The minimum absolute atomic E-state index is 0.00280. The van der Waals surface area contributed by atoms with Gasteiger partial charge in [-0.2, -0.15) is 0 Å². The maximum absolute atomic E-state index is 15.1. The monoisotopic (exact) mass is 564 g/mol. The van der Waals surface area contributed by atoms with Crippen molar-refractivity contribution in [2.75, 3.05) is 13.2 Å². The van der Waals surface area contributed by atoms with E-state index in [1.165, 1.54) is 96.3 Å². The highest BCUT2D eigenvalue weighted by atomic mass is 19.1. The number of rotatable bonds is 15. The quantitative estimate of drug-likeness (QED) is 0.152. The minimum Gasteiger partial charge on any atom is -0.381 e. The summed E-state index contributed by atoms with van der Waals surface area (Å²) in [4.78, 5) is 0. The van der Waals surface area contributed by atoms with Crippen LogP contribution in [0, 0.1) is 35.4 Å². The van der Waals surface area contributed by atoms with Gasteiger partial charge in [-0.05, 0) is 150 Å². The summed E-state index contributed by atoms with van der Waals surface area (Å²) in [7, 11) is 0. The van der Waals surface area contributed by atoms with Gasteiger partial charge in [-0.25, -0.2) is 4.39 Å². The highest BCUT2D eigenvalue weighted by Crippen LogP contribution is 2.42. The van der Waals surface area contributed by atoms with Gasteiger partial charge in [0.05, 0.1) is 0 Å². The fraction of sp³-hybridized carbons (Fsp3) is 0.744. The topological polar surface area (TPSA) is 9.23 Å². The van der Waals surface area contributed by atoms with Gasteiger partial charge >= 0.3 is 0 Å². The molecule has 1 nitrogen and oxygen atoms in total. The van der Waals surface area contributed by atoms with Crippen molar-refractivity contribution in [1.29, 1.82) is 0 Å². The lowest BCUT2D eigenvalue weighted by Crippen LogP contribution is -2.25. The summed E-state index contributed by atoms with van der Waals surface area (Å²) in [5, 5.41) is 0. The summed E-state index contributed by atoms with van der Waals surface area (Å²) in [6, 6.07) is 6.00. The van der Waals surface area contributed by atoms with Crippen LogP contribution in [0.5, 0.6) is 0 Å². The first-order chi connectivity index (χ1) is 20.2. The zero-order chi connectivity index (χ0) is 28.7. The van der Waals surface area contributed by atoms with E-state index >= 15 is 4.39 Å². The second-order valence-corrected chi connectivity index (χ2v) is 13.9. The third-order valence-corrected chi connectivity index (χ3v) is 10.9. The number of halogens is 1. The first-order valence-electron chi connectivity index (χ1n) is 17.9. The summed E-state index contributed by atoms with van der Waals surface area (Å²) in [5.74, 6) is 4.42. The highest BCUT2D eigenvalue weighted by molar-refractivity contribution is 5.50. The molecule has 0 unspecified atom stereocenters. The molecule has 3 saturated carbocycles. The van der Waals surface area contributed by atoms with E-state index in [4.69, 9.17) is 4.74 Å². The predicted octanol–water partition coefficient (Wildman–Crippen LogP) is 12.1. The van der Waals surface area contributed by atoms with Crippen molar-refractivity contribution in [2.45, 2.75) is 142 Å². The SMILES string of the molecule is CCCCCCCCC=CC1CCC(C2CCC(/C=C/c3ccc(C4CCC(COCC)CC4)c(F)c3)CC2)CC1. The molecule has 230 valence electrons. The van der Waals surface area contributed by atoms with E-state index in [1.54, 1.807) is 6.07 Å². The van der Waals surface area contributed by atoms with Crippen LogP contribution < -0.4 is 0 Å². The second kappa shape index (κ2) is 18.3. The zero-order valence-electron chi connectivity index (χ0n) is 26.6. The molecule has 3 aliphatic rings. The molecule has 0 spiro atoms. The summed E-state index contributed by atoms with van der Waals surface area (Å²) >= 11 is 0. The van der Waals surface area contributed by atoms with Gasteiger partial charge in [-0.1, -0.05) is 75.5 Å². The first kappa shape index (κ1) is 32.5. The third kappa shape index (κ3) is 11.0. The standard InChI is InChI=1S/C39H61FO/c1-3-5-6-7-8-9-10-11-12-31-15-22-35(23-16-31)36-24-17-32(18-25-36)13-14-33-21-28-38(39(40)29-33)37-26-19-34(20-27-37)30-41-4-2/h11-14,21,28-29,31-32,34-37H,3-10,15-20,22-27,30H2,1-2H3/b12-11?,14-13+. The molecule has 4 rings (SSSR count). The van der Waals surface area contributed by atoms with Crippen molar-refractivity contribution in [1.82, 2.24) is 0 Å². The molecule has 0 bridgehead atoms. The van der Waals surface area contributed by atoms with Gasteiger partial charge in [-0.3, -0.25) is 0 Å². The van der Waals surface area contributed by atoms with Crippen LogP contribution in [0.25, 0.3) is 6.08 Å². The Morgan fingerprint density at radius 2 is 1.37 bits per heavy atom. The minimum atomic E-state index is -0.00280. The van der Waals surface area contributed by atoms with Crippen LogP contribution in [0.2, 0.25) is 0 Å². The average Bonchev–Trinajstić information content (AvgIpc) is 3.01. The smallest absolute Gasteiger partial charge is 0.127 e. The van der Waals surface area contributed by atoms with E-state index in [0.29, 0.717) is 17.8 Å². The molecule has 0 radical (unpaired) electrons. The molecule has 0 aromatic heterocycles. The van der Waals surface area contributed by atoms with Crippen molar-refractivity contribution >= 4 is 6.08 Å². The van der Waals surface area contributed by atoms with Crippen LogP contribution in [0.1, 0.15) is 153 Å². The van der Waals surface area contributed by atoms with Gasteiger partial charge in [0.25, 0.3) is 0 Å². The molecule has 0 saturated heterocycles. The van der Waals surface area contributed by atoms with E-state index in [0.717, 1.165) is 67.8 Å². The number of benzene rings is 1. The Kier molecular flexibility index (Phi) is 14.5. The number of hydrogen-bond donors (Lipinski definition) is 0. The van der Waals surface area contributed by atoms with Gasteiger partial charge in [0.2, 0.25) is 0 Å². The number of ether oxygens (including phenoxy) is 1. The predicted molar refractivity (Wildman–Crippen MR) is 175 cm³/mol. The molecule has 1 aromatic rings. The lowest BCUT2D eigenvalue weighted by atomic mass is 9.69. The van der Waals surface area contributed by atoms with E-state index in [9.17, 15) is 0 Å². The molecule has 0 amide bonds. The van der Waals surface area contributed by atoms with E-state index in [-0.39, 0.29) is 5.82 Å². The molecule has 1 aromatic carbocycles. The van der Waals surface area contributed by atoms with Gasteiger partial charge in [0, 0.05) is 13.2 Å². The average molecular weight is 565 g/mol. The number of unbranched alkanes of at least 4 members (excludes halogenated alkanes) is 6. The Morgan fingerprint density at radius 3 is 2.00 bits per heavy atom. The maximum Gasteiger partial charge on any atom is 0.127 e. The van der Waals surface area contributed by atoms with Crippen molar-refractivity contribution < 1.29 is 9.13 Å². The van der Waals surface area contributed by atoms with Crippen molar-refractivity contribution in [3.8, 4) is 0 Å². The number of allylic oxidation sites excluding steroid dienone is 3. The largest absolute Gasteiger partial charge is 0.381 e. The van der Waals surface area contributed by atoms with Crippen LogP contribution in [0.3, 0.4) is 0 Å². The lowest BCUT2D eigenvalue weighted by molar-refractivity contribution is 0.0918. The molecule has 0 atom stereocenters. The van der Waals surface area contributed by atoms with Crippen molar-refractivity contribution in [3.63, 3.8) is 0 Å². The number of hydrogen-bond acceptors (Lipinski definition) is 1. The fourth-order valence-electron chi connectivity index (χ4n) is 8.10. The summed E-state index contributed by atoms with van der Waals surface area (Å²) in [6.45, 7) is 6.02. The summed E-state index contributed by atoms with van der Waals surface area (Å²) < 4.78 is 20.7. The molecule has 2 heteroatoms. The van der Waals surface area contributed by atoms with Crippen molar-refractivity contribution in [2.24, 2.45) is 29.6 Å². The first-order valence-corrected chi connectivity index (χ1v) is 17.9. The maximum atomic E-state index is 15.1. The lowest BCUT2D eigenvalue weighted by Gasteiger charge is -2.37. The molecule has 3 fully saturated rings. The molecule has 0 heterocycles. The normalized spacial score (nSPS) is 29.4. The fourth-order valence-corrected chi connectivity index (χ4v) is 8.10. The molecular weight excluding hydrogens is 503 g/mol. The Hall–Kier alpha value is -1.41. The van der Waals surface area contributed by atoms with Crippen LogP contribution >= 0.6 is 0 Å². The third-order valence-electron chi connectivity index (χ3n) is 10.9.